The summed E-state index contributed by atoms with van der Waals surface area (Å²) in [6.07, 6.45) is 1.67. The van der Waals surface area contributed by atoms with E-state index in [9.17, 15) is 14.9 Å². The van der Waals surface area contributed by atoms with Crippen molar-refractivity contribution in [3.8, 4) is 17.5 Å². The Labute approximate surface area is 217 Å². The van der Waals surface area contributed by atoms with Crippen LogP contribution in [0.15, 0.2) is 77.6 Å². The first kappa shape index (κ1) is 25.0. The van der Waals surface area contributed by atoms with Gasteiger partial charge in [-0.25, -0.2) is 0 Å². The Kier molecular flexibility index (Phi) is 7.69. The lowest BCUT2D eigenvalue weighted by Gasteiger charge is -2.06. The zero-order valence-electron chi connectivity index (χ0n) is 19.6. The molecule has 0 aliphatic carbocycles. The molecule has 0 spiro atoms. The fraction of sp³-hybridized carbons (Fsp3) is 0.107. The van der Waals surface area contributed by atoms with Crippen molar-refractivity contribution in [2.24, 2.45) is 0 Å². The number of hydrogen-bond acceptors (Lipinski definition) is 5. The number of anilines is 1. The van der Waals surface area contributed by atoms with Crippen molar-refractivity contribution >= 4 is 46.2 Å². The molecule has 0 saturated heterocycles. The van der Waals surface area contributed by atoms with Gasteiger partial charge >= 0.3 is 0 Å². The van der Waals surface area contributed by atoms with Crippen LogP contribution in [-0.2, 0) is 4.79 Å². The summed E-state index contributed by atoms with van der Waals surface area (Å²) in [4.78, 5) is 26.8. The van der Waals surface area contributed by atoms with Gasteiger partial charge in [-0.2, -0.15) is 5.26 Å². The van der Waals surface area contributed by atoms with Gasteiger partial charge in [-0.1, -0.05) is 41.9 Å². The van der Waals surface area contributed by atoms with Gasteiger partial charge in [-0.3, -0.25) is 14.2 Å². The van der Waals surface area contributed by atoms with Gasteiger partial charge < -0.3 is 10.1 Å². The Morgan fingerprint density at radius 1 is 1.14 bits per heavy atom. The minimum absolute atomic E-state index is 0.168. The molecule has 1 aromatic heterocycles. The van der Waals surface area contributed by atoms with Gasteiger partial charge in [0.25, 0.3) is 11.5 Å². The molecule has 6 nitrogen and oxygen atoms in total. The summed E-state index contributed by atoms with van der Waals surface area (Å²) in [5.41, 5.74) is 2.16. The van der Waals surface area contributed by atoms with Gasteiger partial charge in [0.05, 0.1) is 16.8 Å². The number of ether oxygens (including phenoxy) is 1. The number of rotatable bonds is 6. The zero-order chi connectivity index (χ0) is 25.7. The lowest BCUT2D eigenvalue weighted by molar-refractivity contribution is -0.111. The van der Waals surface area contributed by atoms with E-state index < -0.39 is 5.91 Å². The minimum Gasteiger partial charge on any atom is -0.493 e. The highest BCUT2D eigenvalue weighted by Crippen LogP contribution is 2.23. The van der Waals surface area contributed by atoms with Crippen LogP contribution in [0.4, 0.5) is 5.69 Å². The number of nitrogens with one attached hydrogen (secondary N) is 1. The third-order valence-electron chi connectivity index (χ3n) is 5.22. The number of hydrogen-bond donors (Lipinski definition) is 1. The predicted molar refractivity (Wildman–Crippen MR) is 144 cm³/mol. The largest absolute Gasteiger partial charge is 0.493 e. The molecule has 1 N–H and O–H groups in total. The number of halogens is 1. The maximum atomic E-state index is 13.6. The molecule has 180 valence electrons. The normalized spacial score (nSPS) is 12.1. The first-order valence-corrected chi connectivity index (χ1v) is 12.3. The van der Waals surface area contributed by atoms with Crippen molar-refractivity contribution in [1.82, 2.24) is 4.57 Å². The van der Waals surface area contributed by atoms with E-state index in [4.69, 9.17) is 16.3 Å². The summed E-state index contributed by atoms with van der Waals surface area (Å²) in [6.45, 7) is 4.22. The lowest BCUT2D eigenvalue weighted by Crippen LogP contribution is -2.32. The van der Waals surface area contributed by atoms with Crippen LogP contribution in [0.5, 0.6) is 5.75 Å². The number of para-hydroxylation sites is 1. The van der Waals surface area contributed by atoms with Gasteiger partial charge in [-0.05, 0) is 68.0 Å². The smallest absolute Gasteiger partial charge is 0.273 e. The predicted octanol–water partition coefficient (Wildman–Crippen LogP) is 4.40. The molecule has 0 fully saturated rings. The quantitative estimate of drug-likeness (QED) is 0.412. The third-order valence-corrected chi connectivity index (χ3v) is 6.55. The summed E-state index contributed by atoms with van der Waals surface area (Å²) in [6, 6.07) is 23.3. The second-order valence-corrected chi connectivity index (χ2v) is 9.28. The summed E-state index contributed by atoms with van der Waals surface area (Å²) in [5, 5.41) is 13.3. The number of nitrogens with zero attached hydrogens (tertiary/aromatic N) is 2. The molecule has 1 heterocycles. The first-order valence-electron chi connectivity index (χ1n) is 11.1. The summed E-state index contributed by atoms with van der Waals surface area (Å²) in [5.74, 6) is -0.0254. The van der Waals surface area contributed by atoms with Gasteiger partial charge in [0.1, 0.15) is 16.5 Å². The van der Waals surface area contributed by atoms with Crippen LogP contribution in [0.1, 0.15) is 18.1 Å². The van der Waals surface area contributed by atoms with E-state index in [0.29, 0.717) is 38.8 Å². The Hall–Kier alpha value is -4.12. The van der Waals surface area contributed by atoms with Gasteiger partial charge in [0, 0.05) is 16.3 Å². The van der Waals surface area contributed by atoms with Gasteiger partial charge in [0.15, 0.2) is 5.57 Å². The summed E-state index contributed by atoms with van der Waals surface area (Å²) < 4.78 is 7.63. The monoisotopic (exact) mass is 515 g/mol. The zero-order valence-corrected chi connectivity index (χ0v) is 21.2. The molecule has 0 unspecified atom stereocenters. The highest BCUT2D eigenvalue weighted by molar-refractivity contribution is 7.07. The molecule has 3 aromatic carbocycles. The lowest BCUT2D eigenvalue weighted by atomic mass is 10.2. The number of aromatic nitrogens is 1. The molecule has 0 aliphatic heterocycles. The molecule has 36 heavy (non-hydrogen) atoms. The van der Waals surface area contributed by atoms with Crippen LogP contribution in [0.25, 0.3) is 17.3 Å². The topological polar surface area (TPSA) is 84.1 Å². The highest BCUT2D eigenvalue weighted by atomic mass is 35.5. The number of nitriles is 1. The number of carbonyl (C=O) groups is 1. The van der Waals surface area contributed by atoms with Crippen LogP contribution in [-0.4, -0.2) is 17.1 Å². The van der Waals surface area contributed by atoms with Crippen molar-refractivity contribution in [3.63, 3.8) is 0 Å². The number of carbonyl (C=O) groups excluding carboxylic acids is 1. The fourth-order valence-corrected chi connectivity index (χ4v) is 4.91. The minimum atomic E-state index is -0.599. The molecule has 4 aromatic rings. The van der Waals surface area contributed by atoms with Crippen LogP contribution < -0.4 is 24.8 Å². The Morgan fingerprint density at radius 3 is 2.61 bits per heavy atom. The molecule has 0 radical (unpaired) electrons. The first-order chi connectivity index (χ1) is 17.4. The SMILES string of the molecule is CCOc1ccc(Cl)cc1/C=c1/s/c(=C(\C#N)C(=O)Nc2cccc(C)c2)n(-c2ccccc2)c1=O. The molecule has 0 saturated carbocycles. The van der Waals surface area contributed by atoms with Crippen molar-refractivity contribution in [3.05, 3.63) is 108 Å². The standard InChI is InChI=1S/C28H22ClN3O3S/c1-3-35-24-13-12-20(29)15-19(24)16-25-27(34)32(22-10-5-4-6-11-22)28(36-25)23(17-30)26(33)31-21-9-7-8-18(2)14-21/h4-16H,3H2,1-2H3,(H,31,33)/b25-16+,28-23+. The maximum Gasteiger partial charge on any atom is 0.273 e. The number of benzene rings is 3. The molecular formula is C28H22ClN3O3S. The molecule has 8 heteroatoms. The van der Waals surface area contributed by atoms with Crippen molar-refractivity contribution in [2.45, 2.75) is 13.8 Å². The maximum absolute atomic E-state index is 13.6. The van der Waals surface area contributed by atoms with Crippen LogP contribution >= 0.6 is 22.9 Å². The van der Waals surface area contributed by atoms with Crippen LogP contribution in [0, 0.1) is 18.3 Å². The number of thiazole rings is 1. The van der Waals surface area contributed by atoms with Crippen LogP contribution in [0.3, 0.4) is 0 Å². The van der Waals surface area contributed by atoms with Crippen molar-refractivity contribution < 1.29 is 9.53 Å². The van der Waals surface area contributed by atoms with Gasteiger partial charge in [-0.15, -0.1) is 11.3 Å². The molecule has 0 atom stereocenters. The highest BCUT2D eigenvalue weighted by Gasteiger charge is 2.17. The summed E-state index contributed by atoms with van der Waals surface area (Å²) in [7, 11) is 0. The summed E-state index contributed by atoms with van der Waals surface area (Å²) >= 11 is 7.26. The van der Waals surface area contributed by atoms with E-state index >= 15 is 0 Å². The molecule has 0 bridgehead atoms. The number of amides is 1. The van der Waals surface area contributed by atoms with Crippen molar-refractivity contribution in [1.29, 1.82) is 5.26 Å². The van der Waals surface area contributed by atoms with Gasteiger partial charge in [0.2, 0.25) is 0 Å². The second kappa shape index (κ2) is 11.1. The Bertz CT molecular complexity index is 1650. The van der Waals surface area contributed by atoms with E-state index in [-0.39, 0.29) is 15.8 Å². The van der Waals surface area contributed by atoms with E-state index in [1.54, 1.807) is 60.7 Å². The fourth-order valence-electron chi connectivity index (χ4n) is 3.63. The Balaban J connectivity index is 1.97. The average Bonchev–Trinajstić information content (AvgIpc) is 3.17. The van der Waals surface area contributed by atoms with Crippen molar-refractivity contribution in [2.75, 3.05) is 11.9 Å². The van der Waals surface area contributed by atoms with Crippen LogP contribution in [0.2, 0.25) is 5.02 Å². The van der Waals surface area contributed by atoms with E-state index in [0.717, 1.165) is 16.9 Å². The second-order valence-electron chi connectivity index (χ2n) is 7.82. The average molecular weight is 516 g/mol. The van der Waals surface area contributed by atoms with E-state index in [1.807, 2.05) is 38.1 Å². The Morgan fingerprint density at radius 2 is 1.92 bits per heavy atom. The molecular weight excluding hydrogens is 494 g/mol. The molecule has 1 amide bonds. The third kappa shape index (κ3) is 5.41. The molecule has 4 rings (SSSR count). The van der Waals surface area contributed by atoms with E-state index in [2.05, 4.69) is 5.32 Å². The van der Waals surface area contributed by atoms with E-state index in [1.165, 1.54) is 4.57 Å². The number of aryl methyl sites for hydroxylation is 1. The molecule has 0 aliphatic rings.